The second kappa shape index (κ2) is 8.12. The summed E-state index contributed by atoms with van der Waals surface area (Å²) in [4.78, 5) is 29.1. The summed E-state index contributed by atoms with van der Waals surface area (Å²) in [5.74, 6) is 0.626. The highest BCUT2D eigenvalue weighted by molar-refractivity contribution is 9.10. The maximum Gasteiger partial charge on any atom is 0.345 e. The average molecular weight is 466 g/mol. The molecule has 3 aromatic rings. The number of halogens is 1. The van der Waals surface area contributed by atoms with Crippen LogP contribution in [0.15, 0.2) is 65.1 Å². The molecule has 0 saturated carbocycles. The molecule has 6 nitrogen and oxygen atoms in total. The number of nitrogens with zero attached hydrogens (tertiary/aromatic N) is 1. The minimum atomic E-state index is -0.540. The molecule has 0 aliphatic carbocycles. The zero-order valence-corrected chi connectivity index (χ0v) is 17.7. The van der Waals surface area contributed by atoms with E-state index in [2.05, 4.69) is 20.9 Å². The Kier molecular flexibility index (Phi) is 5.37. The fourth-order valence-electron chi connectivity index (χ4n) is 3.15. The van der Waals surface area contributed by atoms with Crippen LogP contribution in [-0.2, 0) is 0 Å². The minimum absolute atomic E-state index is 0.167. The standard InChI is InChI=1S/C23H16BrNO5/c1-13-8-17(29-23(27)14-4-3-7-25-12-14)11-19-21(13)22(26)20(30-19)10-15-9-16(24)5-6-18(15)28-2/h3-12H,1-2H3/b20-10-. The van der Waals surface area contributed by atoms with Crippen LogP contribution >= 0.6 is 15.9 Å². The van der Waals surface area contributed by atoms with Crippen molar-refractivity contribution in [2.75, 3.05) is 7.11 Å². The number of carbonyl (C=O) groups is 2. The third-order valence-corrected chi connectivity index (χ3v) is 5.02. The zero-order valence-electron chi connectivity index (χ0n) is 16.1. The van der Waals surface area contributed by atoms with Crippen LogP contribution in [0.4, 0.5) is 0 Å². The molecule has 1 aromatic heterocycles. The van der Waals surface area contributed by atoms with Gasteiger partial charge in [0, 0.05) is 28.5 Å². The van der Waals surface area contributed by atoms with E-state index in [1.807, 2.05) is 12.1 Å². The number of aryl methyl sites for hydroxylation is 1. The predicted octanol–water partition coefficient (Wildman–Crippen LogP) is 5.00. The molecule has 1 aliphatic heterocycles. The van der Waals surface area contributed by atoms with Gasteiger partial charge >= 0.3 is 5.97 Å². The Labute approximate surface area is 181 Å². The van der Waals surface area contributed by atoms with E-state index in [4.69, 9.17) is 14.2 Å². The number of esters is 1. The summed E-state index contributed by atoms with van der Waals surface area (Å²) in [6.45, 7) is 1.77. The maximum absolute atomic E-state index is 12.9. The molecule has 2 aromatic carbocycles. The predicted molar refractivity (Wildman–Crippen MR) is 114 cm³/mol. The molecule has 0 amide bonds. The van der Waals surface area contributed by atoms with Gasteiger partial charge < -0.3 is 14.2 Å². The average Bonchev–Trinajstić information content (AvgIpc) is 3.04. The summed E-state index contributed by atoms with van der Waals surface area (Å²) < 4.78 is 17.4. The molecule has 1 aliphatic rings. The molecule has 0 unspecified atom stereocenters. The number of hydrogen-bond donors (Lipinski definition) is 0. The van der Waals surface area contributed by atoms with Crippen molar-refractivity contribution in [1.29, 1.82) is 0 Å². The van der Waals surface area contributed by atoms with Crippen LogP contribution in [-0.4, -0.2) is 23.8 Å². The van der Waals surface area contributed by atoms with Crippen molar-refractivity contribution in [3.63, 3.8) is 0 Å². The van der Waals surface area contributed by atoms with Gasteiger partial charge in [0.2, 0.25) is 5.78 Å². The Morgan fingerprint density at radius 2 is 2.03 bits per heavy atom. The van der Waals surface area contributed by atoms with E-state index in [0.29, 0.717) is 33.8 Å². The summed E-state index contributed by atoms with van der Waals surface area (Å²) in [5.41, 5.74) is 2.12. The zero-order chi connectivity index (χ0) is 21.3. The molecule has 150 valence electrons. The lowest BCUT2D eigenvalue weighted by Gasteiger charge is -2.07. The lowest BCUT2D eigenvalue weighted by atomic mass is 10.0. The van der Waals surface area contributed by atoms with Gasteiger partial charge in [-0.3, -0.25) is 9.78 Å². The summed E-state index contributed by atoms with van der Waals surface area (Å²) in [6.07, 6.45) is 4.63. The molecule has 0 N–H and O–H groups in total. The Hall–Kier alpha value is -3.45. The highest BCUT2D eigenvalue weighted by atomic mass is 79.9. The first-order chi connectivity index (χ1) is 14.5. The van der Waals surface area contributed by atoms with Crippen LogP contribution in [0.2, 0.25) is 0 Å². The van der Waals surface area contributed by atoms with Crippen LogP contribution in [0.3, 0.4) is 0 Å². The molecule has 0 atom stereocenters. The first-order valence-corrected chi connectivity index (χ1v) is 9.80. The molecule has 0 radical (unpaired) electrons. The van der Waals surface area contributed by atoms with E-state index in [1.54, 1.807) is 50.6 Å². The van der Waals surface area contributed by atoms with Crippen LogP contribution in [0, 0.1) is 6.92 Å². The Morgan fingerprint density at radius 1 is 1.20 bits per heavy atom. The highest BCUT2D eigenvalue weighted by Gasteiger charge is 2.30. The number of pyridine rings is 1. The minimum Gasteiger partial charge on any atom is -0.496 e. The lowest BCUT2D eigenvalue weighted by molar-refractivity contribution is 0.0734. The molecule has 7 heteroatoms. The van der Waals surface area contributed by atoms with Crippen molar-refractivity contribution >= 4 is 33.8 Å². The molecule has 30 heavy (non-hydrogen) atoms. The second-order valence-corrected chi connectivity index (χ2v) is 7.49. The quantitative estimate of drug-likeness (QED) is 0.306. The van der Waals surface area contributed by atoms with Gasteiger partial charge in [0.25, 0.3) is 0 Å². The van der Waals surface area contributed by atoms with Gasteiger partial charge in [-0.2, -0.15) is 0 Å². The van der Waals surface area contributed by atoms with Gasteiger partial charge in [-0.15, -0.1) is 0 Å². The fourth-order valence-corrected chi connectivity index (χ4v) is 3.52. The van der Waals surface area contributed by atoms with E-state index >= 15 is 0 Å². The van der Waals surface area contributed by atoms with Gasteiger partial charge in [-0.05, 0) is 55.0 Å². The van der Waals surface area contributed by atoms with Crippen molar-refractivity contribution in [2.24, 2.45) is 0 Å². The first kappa shape index (κ1) is 19.8. The smallest absolute Gasteiger partial charge is 0.345 e. The Balaban J connectivity index is 1.64. The fraction of sp³-hybridized carbons (Fsp3) is 0.0870. The van der Waals surface area contributed by atoms with Gasteiger partial charge in [-0.25, -0.2) is 4.79 Å². The van der Waals surface area contributed by atoms with E-state index in [1.165, 1.54) is 12.3 Å². The molecule has 0 spiro atoms. The van der Waals surface area contributed by atoms with Crippen LogP contribution in [0.1, 0.15) is 31.8 Å². The van der Waals surface area contributed by atoms with Gasteiger partial charge in [0.1, 0.15) is 17.2 Å². The molecule has 0 fully saturated rings. The number of fused-ring (bicyclic) bond motifs is 1. The molecule has 4 rings (SSSR count). The van der Waals surface area contributed by atoms with Gasteiger partial charge in [0.05, 0.1) is 18.2 Å². The number of methoxy groups -OCH3 is 1. The van der Waals surface area contributed by atoms with E-state index < -0.39 is 5.97 Å². The number of ketones is 1. The summed E-state index contributed by atoms with van der Waals surface area (Å²) >= 11 is 3.42. The number of benzene rings is 2. The Morgan fingerprint density at radius 3 is 2.77 bits per heavy atom. The number of carbonyl (C=O) groups excluding carboxylic acids is 2. The van der Waals surface area contributed by atoms with Crippen molar-refractivity contribution in [2.45, 2.75) is 6.92 Å². The van der Waals surface area contributed by atoms with Crippen molar-refractivity contribution in [3.05, 3.63) is 87.3 Å². The number of ether oxygens (including phenoxy) is 3. The monoisotopic (exact) mass is 465 g/mol. The summed E-state index contributed by atoms with van der Waals surface area (Å²) in [6, 6.07) is 11.9. The number of allylic oxidation sites excluding steroid dienone is 1. The summed E-state index contributed by atoms with van der Waals surface area (Å²) in [5, 5.41) is 0. The normalized spacial score (nSPS) is 13.7. The van der Waals surface area contributed by atoms with Gasteiger partial charge in [0.15, 0.2) is 5.76 Å². The van der Waals surface area contributed by atoms with Crippen LogP contribution in [0.5, 0.6) is 17.2 Å². The molecule has 2 heterocycles. The lowest BCUT2D eigenvalue weighted by Crippen LogP contribution is -2.09. The summed E-state index contributed by atoms with van der Waals surface area (Å²) in [7, 11) is 1.56. The van der Waals surface area contributed by atoms with E-state index in [9.17, 15) is 9.59 Å². The topological polar surface area (TPSA) is 74.7 Å². The number of Topliss-reactive ketones (excluding diaryl/α,β-unsaturated/α-hetero) is 1. The van der Waals surface area contributed by atoms with E-state index in [-0.39, 0.29) is 17.3 Å². The highest BCUT2D eigenvalue weighted by Crippen LogP contribution is 2.38. The van der Waals surface area contributed by atoms with Crippen LogP contribution in [0.25, 0.3) is 6.08 Å². The molecule has 0 bridgehead atoms. The second-order valence-electron chi connectivity index (χ2n) is 6.57. The maximum atomic E-state index is 12.9. The molecular formula is C23H16BrNO5. The third kappa shape index (κ3) is 3.84. The molecular weight excluding hydrogens is 450 g/mol. The van der Waals surface area contributed by atoms with Crippen molar-refractivity contribution in [1.82, 2.24) is 4.98 Å². The van der Waals surface area contributed by atoms with Crippen molar-refractivity contribution in [3.8, 4) is 17.2 Å². The number of aromatic nitrogens is 1. The third-order valence-electron chi connectivity index (χ3n) is 4.53. The van der Waals surface area contributed by atoms with Gasteiger partial charge in [-0.1, -0.05) is 15.9 Å². The first-order valence-electron chi connectivity index (χ1n) is 9.01. The van der Waals surface area contributed by atoms with Crippen molar-refractivity contribution < 1.29 is 23.8 Å². The Bertz CT molecular complexity index is 1190. The number of rotatable bonds is 4. The largest absolute Gasteiger partial charge is 0.496 e. The van der Waals surface area contributed by atoms with Crippen LogP contribution < -0.4 is 14.2 Å². The van der Waals surface area contributed by atoms with E-state index in [0.717, 1.165) is 4.47 Å². The SMILES string of the molecule is COc1ccc(Br)cc1/C=C1\Oc2cc(OC(=O)c3cccnc3)cc(C)c2C1=O. The number of hydrogen-bond acceptors (Lipinski definition) is 6. The molecule has 0 saturated heterocycles.